The van der Waals surface area contributed by atoms with E-state index in [-0.39, 0.29) is 11.7 Å². The lowest BCUT2D eigenvalue weighted by atomic mass is 10.1. The zero-order valence-corrected chi connectivity index (χ0v) is 9.94. The van der Waals surface area contributed by atoms with Crippen LogP contribution in [0.3, 0.4) is 0 Å². The molecule has 0 saturated heterocycles. The summed E-state index contributed by atoms with van der Waals surface area (Å²) in [5.41, 5.74) is 1.48. The fourth-order valence-corrected chi connectivity index (χ4v) is 1.63. The van der Waals surface area contributed by atoms with Crippen molar-refractivity contribution >= 4 is 0 Å². The molecule has 3 heteroatoms. The first-order valence-corrected chi connectivity index (χ1v) is 5.61. The Kier molecular flexibility index (Phi) is 3.28. The molecule has 0 bridgehead atoms. The van der Waals surface area contributed by atoms with Crippen molar-refractivity contribution in [3.05, 3.63) is 52.9 Å². The van der Waals surface area contributed by atoms with E-state index in [0.29, 0.717) is 5.56 Å². The molecule has 0 saturated carbocycles. The molecule has 88 valence electrons. The number of nitrogens with one attached hydrogen (secondary N) is 1. The summed E-state index contributed by atoms with van der Waals surface area (Å²) in [5, 5.41) is 0. The fourth-order valence-electron chi connectivity index (χ4n) is 1.63. The van der Waals surface area contributed by atoms with E-state index in [1.807, 2.05) is 44.2 Å². The summed E-state index contributed by atoms with van der Waals surface area (Å²) in [6.07, 6.45) is 1.78. The van der Waals surface area contributed by atoms with E-state index < -0.39 is 0 Å². The van der Waals surface area contributed by atoms with Gasteiger partial charge in [0.15, 0.2) is 0 Å². The molecular formula is C14H15NO2. The van der Waals surface area contributed by atoms with Crippen molar-refractivity contribution < 1.29 is 4.74 Å². The number of hydrogen-bond acceptors (Lipinski definition) is 2. The maximum Gasteiger partial charge on any atom is 0.255 e. The van der Waals surface area contributed by atoms with Gasteiger partial charge in [-0.2, -0.15) is 0 Å². The molecule has 3 nitrogen and oxygen atoms in total. The molecule has 0 unspecified atom stereocenters. The largest absolute Gasteiger partial charge is 0.491 e. The number of hydrogen-bond donors (Lipinski definition) is 1. The molecule has 0 aliphatic heterocycles. The van der Waals surface area contributed by atoms with Gasteiger partial charge in [0.25, 0.3) is 5.56 Å². The predicted molar refractivity (Wildman–Crippen MR) is 68.3 cm³/mol. The predicted octanol–water partition coefficient (Wildman–Crippen LogP) is 2.83. The van der Waals surface area contributed by atoms with Crippen LogP contribution in [-0.2, 0) is 0 Å². The standard InChI is InChI=1S/C14H15NO2/c1-10(2)17-12-7-5-11(6-8-12)13-4-3-9-15-14(13)16/h3-10H,1-2H3,(H,15,16). The van der Waals surface area contributed by atoms with Crippen molar-refractivity contribution in [2.75, 3.05) is 0 Å². The molecule has 1 aromatic carbocycles. The summed E-state index contributed by atoms with van der Waals surface area (Å²) >= 11 is 0. The van der Waals surface area contributed by atoms with Crippen LogP contribution < -0.4 is 10.3 Å². The molecule has 0 atom stereocenters. The number of aromatic amines is 1. The monoisotopic (exact) mass is 229 g/mol. The second-order valence-electron chi connectivity index (χ2n) is 4.10. The maximum absolute atomic E-state index is 11.6. The second-order valence-corrected chi connectivity index (χ2v) is 4.10. The van der Waals surface area contributed by atoms with Crippen LogP contribution >= 0.6 is 0 Å². The molecule has 0 aliphatic carbocycles. The first-order valence-electron chi connectivity index (χ1n) is 5.61. The van der Waals surface area contributed by atoms with Crippen LogP contribution in [0.1, 0.15) is 13.8 Å². The number of rotatable bonds is 3. The molecule has 1 heterocycles. The molecule has 0 radical (unpaired) electrons. The van der Waals surface area contributed by atoms with Crippen LogP contribution in [0.25, 0.3) is 11.1 Å². The van der Waals surface area contributed by atoms with E-state index in [1.54, 1.807) is 12.3 Å². The third-order valence-electron chi connectivity index (χ3n) is 2.36. The van der Waals surface area contributed by atoms with Gasteiger partial charge in [-0.25, -0.2) is 0 Å². The highest BCUT2D eigenvalue weighted by atomic mass is 16.5. The van der Waals surface area contributed by atoms with E-state index in [9.17, 15) is 4.79 Å². The van der Waals surface area contributed by atoms with E-state index in [1.165, 1.54) is 0 Å². The molecule has 2 rings (SSSR count). The average molecular weight is 229 g/mol. The third kappa shape index (κ3) is 2.75. The number of aromatic nitrogens is 1. The van der Waals surface area contributed by atoms with Crippen molar-refractivity contribution in [3.63, 3.8) is 0 Å². The zero-order chi connectivity index (χ0) is 12.3. The summed E-state index contributed by atoms with van der Waals surface area (Å²) < 4.78 is 5.55. The topological polar surface area (TPSA) is 42.1 Å². The van der Waals surface area contributed by atoms with Gasteiger partial charge in [0.2, 0.25) is 0 Å². The maximum atomic E-state index is 11.6. The summed E-state index contributed by atoms with van der Waals surface area (Å²) in [4.78, 5) is 14.3. The lowest BCUT2D eigenvalue weighted by Gasteiger charge is -2.09. The van der Waals surface area contributed by atoms with Gasteiger partial charge >= 0.3 is 0 Å². The van der Waals surface area contributed by atoms with E-state index in [4.69, 9.17) is 4.74 Å². The van der Waals surface area contributed by atoms with Gasteiger partial charge in [-0.1, -0.05) is 12.1 Å². The summed E-state index contributed by atoms with van der Waals surface area (Å²) in [6.45, 7) is 3.96. The minimum absolute atomic E-state index is 0.0787. The molecule has 1 N–H and O–H groups in total. The summed E-state index contributed by atoms with van der Waals surface area (Å²) in [7, 11) is 0. The van der Waals surface area contributed by atoms with Crippen LogP contribution in [0, 0.1) is 0 Å². The van der Waals surface area contributed by atoms with Gasteiger partial charge in [0.1, 0.15) is 5.75 Å². The van der Waals surface area contributed by atoms with Gasteiger partial charge in [0, 0.05) is 11.8 Å². The van der Waals surface area contributed by atoms with Gasteiger partial charge in [0.05, 0.1) is 6.10 Å². The highest BCUT2D eigenvalue weighted by molar-refractivity contribution is 5.62. The Hall–Kier alpha value is -2.03. The SMILES string of the molecule is CC(C)Oc1ccc(-c2ccc[nH]c2=O)cc1. The number of benzene rings is 1. The molecule has 17 heavy (non-hydrogen) atoms. The Morgan fingerprint density at radius 3 is 2.41 bits per heavy atom. The fraction of sp³-hybridized carbons (Fsp3) is 0.214. The second kappa shape index (κ2) is 4.87. The molecule has 0 fully saturated rings. The summed E-state index contributed by atoms with van der Waals surface area (Å²) in [5.74, 6) is 0.816. The third-order valence-corrected chi connectivity index (χ3v) is 2.36. The molecule has 1 aromatic heterocycles. The molecule has 2 aromatic rings. The van der Waals surface area contributed by atoms with E-state index in [2.05, 4.69) is 4.98 Å². The lowest BCUT2D eigenvalue weighted by Crippen LogP contribution is -2.07. The Labute approximate surface area is 100 Å². The smallest absolute Gasteiger partial charge is 0.255 e. The molecule has 0 spiro atoms. The minimum Gasteiger partial charge on any atom is -0.491 e. The van der Waals surface area contributed by atoms with Crippen molar-refractivity contribution in [2.24, 2.45) is 0 Å². The molecule has 0 amide bonds. The first kappa shape index (κ1) is 11.5. The van der Waals surface area contributed by atoms with E-state index >= 15 is 0 Å². The number of pyridine rings is 1. The zero-order valence-electron chi connectivity index (χ0n) is 9.94. The van der Waals surface area contributed by atoms with Gasteiger partial charge in [-0.05, 0) is 43.7 Å². The van der Waals surface area contributed by atoms with Crippen LogP contribution in [-0.4, -0.2) is 11.1 Å². The Balaban J connectivity index is 2.30. The van der Waals surface area contributed by atoms with Crippen LogP contribution in [0.5, 0.6) is 5.75 Å². The van der Waals surface area contributed by atoms with Crippen LogP contribution in [0.2, 0.25) is 0 Å². The van der Waals surface area contributed by atoms with Gasteiger partial charge < -0.3 is 9.72 Å². The van der Waals surface area contributed by atoms with Crippen molar-refractivity contribution in [1.82, 2.24) is 4.98 Å². The quantitative estimate of drug-likeness (QED) is 0.879. The Morgan fingerprint density at radius 1 is 1.12 bits per heavy atom. The van der Waals surface area contributed by atoms with Crippen molar-refractivity contribution in [1.29, 1.82) is 0 Å². The Bertz CT molecular complexity index is 541. The summed E-state index contributed by atoms with van der Waals surface area (Å²) in [6, 6.07) is 11.2. The molecular weight excluding hydrogens is 214 g/mol. The lowest BCUT2D eigenvalue weighted by molar-refractivity contribution is 0.242. The first-order chi connectivity index (χ1) is 8.16. The highest BCUT2D eigenvalue weighted by Crippen LogP contribution is 2.19. The van der Waals surface area contributed by atoms with Gasteiger partial charge in [-0.3, -0.25) is 4.79 Å². The number of ether oxygens (including phenoxy) is 1. The van der Waals surface area contributed by atoms with Crippen molar-refractivity contribution in [3.8, 4) is 16.9 Å². The van der Waals surface area contributed by atoms with E-state index in [0.717, 1.165) is 11.3 Å². The highest BCUT2D eigenvalue weighted by Gasteiger charge is 2.03. The normalized spacial score (nSPS) is 10.5. The Morgan fingerprint density at radius 2 is 1.82 bits per heavy atom. The van der Waals surface area contributed by atoms with Crippen molar-refractivity contribution in [2.45, 2.75) is 20.0 Å². The van der Waals surface area contributed by atoms with Crippen LogP contribution in [0.4, 0.5) is 0 Å². The molecule has 0 aliphatic rings. The van der Waals surface area contributed by atoms with Crippen LogP contribution in [0.15, 0.2) is 47.4 Å². The average Bonchev–Trinajstić information content (AvgIpc) is 2.30. The van der Waals surface area contributed by atoms with Gasteiger partial charge in [-0.15, -0.1) is 0 Å². The minimum atomic E-state index is -0.0787. The number of H-pyrrole nitrogens is 1.